The van der Waals surface area contributed by atoms with Gasteiger partial charge in [-0.2, -0.15) is 6.42 Å². The Bertz CT molecular complexity index is 10.8. The molecule has 0 saturated carbocycles. The van der Waals surface area contributed by atoms with Gasteiger partial charge in [-0.3, -0.25) is 0 Å². The van der Waals surface area contributed by atoms with Crippen molar-refractivity contribution in [2.24, 2.45) is 0 Å². The van der Waals surface area contributed by atoms with Crippen LogP contribution in [-0.2, 0) is 0 Å². The van der Waals surface area contributed by atoms with E-state index in [9.17, 15) is 0 Å². The van der Waals surface area contributed by atoms with E-state index < -0.39 is 0 Å². The van der Waals surface area contributed by atoms with E-state index in [2.05, 4.69) is 0 Å². The molecular weight excluding hydrogens is 131 g/mol. The number of hydrogen-bond donors (Lipinski definition) is 0. The Morgan fingerprint density at radius 2 is 1.83 bits per heavy atom. The monoisotopic (exact) mass is 136 g/mol. The van der Waals surface area contributed by atoms with E-state index in [0.717, 1.165) is 6.42 Å². The third kappa shape index (κ3) is 18.3. The van der Waals surface area contributed by atoms with Gasteiger partial charge in [-0.25, -0.2) is 5.88 Å². The SMILES string of the molecule is CC[CH-]Cl.[Cl-].[Mg+2]. The zero-order valence-corrected chi connectivity index (χ0v) is 6.67. The number of halogens is 2. The number of rotatable bonds is 1. The molecule has 34 valence electrons. The molecule has 6 heavy (non-hydrogen) atoms. The molecule has 0 amide bonds. The summed E-state index contributed by atoms with van der Waals surface area (Å²) in [6.07, 6.45) is 0.960. The molecule has 0 aliphatic rings. The van der Waals surface area contributed by atoms with Crippen LogP contribution in [0, 0.1) is 5.88 Å². The Kier molecular flexibility index (Phi) is 42.3. The van der Waals surface area contributed by atoms with Crippen molar-refractivity contribution in [2.45, 2.75) is 13.3 Å². The molecule has 0 atom stereocenters. The summed E-state index contributed by atoms with van der Waals surface area (Å²) in [7, 11) is 0. The van der Waals surface area contributed by atoms with Crippen LogP contribution in [0.5, 0.6) is 0 Å². The first-order valence-corrected chi connectivity index (χ1v) is 1.77. The third-order valence-corrected chi connectivity index (χ3v) is 0.463. The average Bonchev–Trinajstić information content (AvgIpc) is 1.37. The fourth-order valence-electron chi connectivity index (χ4n) is 0. The second kappa shape index (κ2) is 16.2. The zero-order chi connectivity index (χ0) is 3.41. The van der Waals surface area contributed by atoms with E-state index in [0.29, 0.717) is 0 Å². The molecule has 0 spiro atoms. The maximum absolute atomic E-state index is 5.06. The molecule has 0 N–H and O–H groups in total. The molecular formula is C3H6Cl2Mg. The molecule has 0 aliphatic carbocycles. The molecule has 0 saturated heterocycles. The smallest absolute Gasteiger partial charge is 1.00 e. The molecule has 0 fully saturated rings. The minimum atomic E-state index is 0. The summed E-state index contributed by atoms with van der Waals surface area (Å²) in [6, 6.07) is 0. The van der Waals surface area contributed by atoms with Gasteiger partial charge in [0, 0.05) is 0 Å². The Balaban J connectivity index is -0.0000000450. The average molecular weight is 137 g/mol. The second-order valence-corrected chi connectivity index (χ2v) is 0.871. The first kappa shape index (κ1) is 15.7. The van der Waals surface area contributed by atoms with Gasteiger partial charge in [0.25, 0.3) is 0 Å². The molecule has 0 radical (unpaired) electrons. The summed E-state index contributed by atoms with van der Waals surface area (Å²) in [5, 5.41) is 0. The Morgan fingerprint density at radius 3 is 1.83 bits per heavy atom. The van der Waals surface area contributed by atoms with Crippen molar-refractivity contribution in [3.63, 3.8) is 0 Å². The molecule has 3 heteroatoms. The van der Waals surface area contributed by atoms with Gasteiger partial charge in [-0.05, 0) is 0 Å². The molecule has 0 heterocycles. The Hall–Kier alpha value is 1.35. The number of hydrogen-bond acceptors (Lipinski definition) is 0. The van der Waals surface area contributed by atoms with E-state index in [-0.39, 0.29) is 35.5 Å². The van der Waals surface area contributed by atoms with Crippen LogP contribution in [0.3, 0.4) is 0 Å². The fraction of sp³-hybridized carbons (Fsp3) is 0.667. The van der Waals surface area contributed by atoms with Crippen LogP contribution in [-0.4, -0.2) is 23.1 Å². The van der Waals surface area contributed by atoms with Crippen LogP contribution in [0.25, 0.3) is 0 Å². The van der Waals surface area contributed by atoms with Gasteiger partial charge in [0.05, 0.1) is 0 Å². The molecule has 0 aromatic heterocycles. The van der Waals surface area contributed by atoms with Gasteiger partial charge in [-0.1, -0.05) is 6.92 Å². The summed E-state index contributed by atoms with van der Waals surface area (Å²) < 4.78 is 0. The molecule has 0 aromatic rings. The predicted octanol–water partition coefficient (Wildman–Crippen LogP) is -1.58. The van der Waals surface area contributed by atoms with Crippen molar-refractivity contribution in [3.05, 3.63) is 5.88 Å². The Labute approximate surface area is 66.2 Å². The summed E-state index contributed by atoms with van der Waals surface area (Å²) in [6.45, 7) is 1.99. The minimum Gasteiger partial charge on any atom is -1.00 e. The molecule has 0 aliphatic heterocycles. The molecule has 0 rings (SSSR count). The topological polar surface area (TPSA) is 0 Å². The first-order chi connectivity index (χ1) is 1.91. The second-order valence-electron chi connectivity index (χ2n) is 0.563. The van der Waals surface area contributed by atoms with Gasteiger partial charge in [0.1, 0.15) is 0 Å². The van der Waals surface area contributed by atoms with Crippen molar-refractivity contribution in [3.8, 4) is 0 Å². The summed E-state index contributed by atoms with van der Waals surface area (Å²) >= 11 is 5.06. The zero-order valence-electron chi connectivity index (χ0n) is 3.75. The van der Waals surface area contributed by atoms with Gasteiger partial charge < -0.3 is 24.0 Å². The van der Waals surface area contributed by atoms with E-state index in [1.54, 1.807) is 5.88 Å². The first-order valence-electron chi connectivity index (χ1n) is 1.33. The summed E-state index contributed by atoms with van der Waals surface area (Å²) in [5.74, 6) is 1.60. The molecule has 0 nitrogen and oxygen atoms in total. The molecule has 0 unspecified atom stereocenters. The third-order valence-electron chi connectivity index (χ3n) is 0.154. The van der Waals surface area contributed by atoms with Crippen LogP contribution in [0.15, 0.2) is 0 Å². The van der Waals surface area contributed by atoms with Gasteiger partial charge >= 0.3 is 23.1 Å². The van der Waals surface area contributed by atoms with Crippen molar-refractivity contribution in [2.75, 3.05) is 0 Å². The largest absolute Gasteiger partial charge is 2.00 e. The van der Waals surface area contributed by atoms with Crippen LogP contribution in [0.2, 0.25) is 0 Å². The predicted molar refractivity (Wildman–Crippen MR) is 26.2 cm³/mol. The van der Waals surface area contributed by atoms with Crippen LogP contribution in [0.1, 0.15) is 13.3 Å². The van der Waals surface area contributed by atoms with Gasteiger partial charge in [0.2, 0.25) is 0 Å². The summed E-state index contributed by atoms with van der Waals surface area (Å²) in [5.41, 5.74) is 0. The van der Waals surface area contributed by atoms with E-state index in [1.807, 2.05) is 6.92 Å². The quantitative estimate of drug-likeness (QED) is 0.302. The van der Waals surface area contributed by atoms with Crippen LogP contribution >= 0.6 is 11.6 Å². The van der Waals surface area contributed by atoms with Crippen molar-refractivity contribution in [1.82, 2.24) is 0 Å². The standard InChI is InChI=1S/C3H6Cl.ClH.Mg/c1-2-3-4;;/h3H,2H2,1H3;1H;/q-1;;+2/p-1. The van der Waals surface area contributed by atoms with E-state index in [1.165, 1.54) is 0 Å². The van der Waals surface area contributed by atoms with Gasteiger partial charge in [-0.15, -0.1) is 0 Å². The van der Waals surface area contributed by atoms with Crippen molar-refractivity contribution in [1.29, 1.82) is 0 Å². The molecule has 0 aromatic carbocycles. The maximum atomic E-state index is 5.06. The van der Waals surface area contributed by atoms with E-state index >= 15 is 0 Å². The summed E-state index contributed by atoms with van der Waals surface area (Å²) in [4.78, 5) is 0. The van der Waals surface area contributed by atoms with Crippen LogP contribution < -0.4 is 12.4 Å². The van der Waals surface area contributed by atoms with Crippen molar-refractivity contribution < 1.29 is 12.4 Å². The normalized spacial score (nSPS) is 5.00. The maximum Gasteiger partial charge on any atom is 2.00 e. The molecule has 0 bridgehead atoms. The minimum absolute atomic E-state index is 0. The van der Waals surface area contributed by atoms with E-state index in [4.69, 9.17) is 11.6 Å². The van der Waals surface area contributed by atoms with Crippen LogP contribution in [0.4, 0.5) is 0 Å². The van der Waals surface area contributed by atoms with Gasteiger partial charge in [0.15, 0.2) is 0 Å². The van der Waals surface area contributed by atoms with Crippen molar-refractivity contribution >= 4 is 34.7 Å². The fourth-order valence-corrected chi connectivity index (χ4v) is 0. The Morgan fingerprint density at radius 1 is 1.67 bits per heavy atom.